The van der Waals surface area contributed by atoms with Crippen LogP contribution in [-0.4, -0.2) is 25.1 Å². The highest BCUT2D eigenvalue weighted by atomic mass is 15.2. The molecule has 6 heteroatoms. The SMILES string of the molecule is C=C(Nc1cncc(-c2cnc3n[nH]c(-c4cc5c(C6=CCC=C6)cccc5[nH]4)c3c2)c1)c1ccccc1. The number of hydrogen-bond donors (Lipinski definition) is 3. The molecule has 0 saturated heterocycles. The fourth-order valence-corrected chi connectivity index (χ4v) is 5.01. The van der Waals surface area contributed by atoms with Crippen LogP contribution in [0, 0.1) is 0 Å². The number of H-pyrrole nitrogens is 2. The molecule has 0 fully saturated rings. The standard InChI is InChI=1S/C32H24N6/c1-20(21-8-3-2-4-9-21)35-25-14-23(17-33-19-25)24-15-28-31(37-38-32(28)34-18-24)30-16-27-26(22-10-5-6-11-22)12-7-13-29(27)36-30/h2-5,7-19,35-36H,1,6H2,(H,34,37,38). The minimum atomic E-state index is 0.670. The molecule has 2 aromatic carbocycles. The summed E-state index contributed by atoms with van der Waals surface area (Å²) in [4.78, 5) is 12.7. The predicted octanol–water partition coefficient (Wildman–Crippen LogP) is 7.59. The van der Waals surface area contributed by atoms with Crippen molar-refractivity contribution < 1.29 is 0 Å². The van der Waals surface area contributed by atoms with Gasteiger partial charge >= 0.3 is 0 Å². The van der Waals surface area contributed by atoms with Crippen LogP contribution in [-0.2, 0) is 0 Å². The van der Waals surface area contributed by atoms with Crippen molar-refractivity contribution in [1.29, 1.82) is 0 Å². The number of pyridine rings is 2. The lowest BCUT2D eigenvalue weighted by Crippen LogP contribution is -1.98. The van der Waals surface area contributed by atoms with E-state index in [1.54, 1.807) is 6.20 Å². The number of nitrogens with one attached hydrogen (secondary N) is 3. The van der Waals surface area contributed by atoms with E-state index in [2.05, 4.69) is 91.7 Å². The summed E-state index contributed by atoms with van der Waals surface area (Å²) < 4.78 is 0. The number of aromatic nitrogens is 5. The molecular weight excluding hydrogens is 468 g/mol. The molecule has 182 valence electrons. The van der Waals surface area contributed by atoms with Crippen LogP contribution in [0.15, 0.2) is 110 Å². The van der Waals surface area contributed by atoms with Crippen molar-refractivity contribution in [3.8, 4) is 22.5 Å². The Morgan fingerprint density at radius 2 is 1.79 bits per heavy atom. The third-order valence-electron chi connectivity index (χ3n) is 6.91. The molecule has 7 rings (SSSR count). The van der Waals surface area contributed by atoms with E-state index in [1.165, 1.54) is 16.5 Å². The van der Waals surface area contributed by atoms with Crippen LogP contribution in [0.1, 0.15) is 17.5 Å². The van der Waals surface area contributed by atoms with Crippen molar-refractivity contribution in [2.75, 3.05) is 5.32 Å². The van der Waals surface area contributed by atoms with Gasteiger partial charge in [-0.1, -0.05) is 67.3 Å². The zero-order valence-corrected chi connectivity index (χ0v) is 20.6. The largest absolute Gasteiger partial charge is 0.354 e. The summed E-state index contributed by atoms with van der Waals surface area (Å²) in [6, 6.07) is 22.8. The number of fused-ring (bicyclic) bond motifs is 2. The van der Waals surface area contributed by atoms with Gasteiger partial charge in [0.1, 0.15) is 0 Å². The van der Waals surface area contributed by atoms with Gasteiger partial charge in [-0.05, 0) is 47.4 Å². The van der Waals surface area contributed by atoms with Crippen molar-refractivity contribution in [2.45, 2.75) is 6.42 Å². The number of rotatable bonds is 6. The van der Waals surface area contributed by atoms with Gasteiger partial charge in [0.25, 0.3) is 0 Å². The van der Waals surface area contributed by atoms with Crippen LogP contribution >= 0.6 is 0 Å². The van der Waals surface area contributed by atoms with Gasteiger partial charge < -0.3 is 10.3 Å². The minimum Gasteiger partial charge on any atom is -0.354 e. The van der Waals surface area contributed by atoms with Gasteiger partial charge in [-0.3, -0.25) is 10.1 Å². The second kappa shape index (κ2) is 9.01. The molecular formula is C32H24N6. The summed E-state index contributed by atoms with van der Waals surface area (Å²) in [7, 11) is 0. The Balaban J connectivity index is 1.25. The molecule has 1 aliphatic rings. The van der Waals surface area contributed by atoms with Crippen LogP contribution in [0.4, 0.5) is 5.69 Å². The summed E-state index contributed by atoms with van der Waals surface area (Å²) in [6.07, 6.45) is 13.1. The molecule has 0 unspecified atom stereocenters. The van der Waals surface area contributed by atoms with Crippen molar-refractivity contribution in [1.82, 2.24) is 25.1 Å². The molecule has 4 aromatic heterocycles. The number of aromatic amines is 2. The molecule has 0 atom stereocenters. The molecule has 6 nitrogen and oxygen atoms in total. The smallest absolute Gasteiger partial charge is 0.181 e. The van der Waals surface area contributed by atoms with E-state index in [0.717, 1.165) is 56.8 Å². The second-order valence-electron chi connectivity index (χ2n) is 9.37. The lowest BCUT2D eigenvalue weighted by atomic mass is 10.0. The summed E-state index contributed by atoms with van der Waals surface area (Å²) in [5, 5.41) is 13.2. The van der Waals surface area contributed by atoms with E-state index in [1.807, 2.05) is 42.7 Å². The number of nitrogens with zero attached hydrogens (tertiary/aromatic N) is 3. The Bertz CT molecular complexity index is 1890. The normalized spacial score (nSPS) is 12.8. The molecule has 0 aliphatic heterocycles. The first-order valence-corrected chi connectivity index (χ1v) is 12.5. The Kier molecular flexibility index (Phi) is 5.22. The molecule has 0 bridgehead atoms. The second-order valence-corrected chi connectivity index (χ2v) is 9.37. The first-order chi connectivity index (χ1) is 18.7. The molecule has 6 aromatic rings. The van der Waals surface area contributed by atoms with Crippen molar-refractivity contribution in [3.05, 3.63) is 121 Å². The third-order valence-corrected chi connectivity index (χ3v) is 6.91. The lowest BCUT2D eigenvalue weighted by Gasteiger charge is -2.11. The van der Waals surface area contributed by atoms with Crippen LogP contribution < -0.4 is 5.32 Å². The summed E-state index contributed by atoms with van der Waals surface area (Å²) in [6.45, 7) is 4.18. The molecule has 0 saturated carbocycles. The van der Waals surface area contributed by atoms with E-state index < -0.39 is 0 Å². The maximum absolute atomic E-state index is 4.64. The van der Waals surface area contributed by atoms with Gasteiger partial charge in [-0.15, -0.1) is 0 Å². The Hall–Kier alpha value is -5.23. The third kappa shape index (κ3) is 3.89. The summed E-state index contributed by atoms with van der Waals surface area (Å²) >= 11 is 0. The molecule has 0 amide bonds. The topological polar surface area (TPSA) is 82.3 Å². The van der Waals surface area contributed by atoms with Gasteiger partial charge in [0.2, 0.25) is 0 Å². The quantitative estimate of drug-likeness (QED) is 0.224. The monoisotopic (exact) mass is 492 g/mol. The highest BCUT2D eigenvalue weighted by molar-refractivity contribution is 6.00. The van der Waals surface area contributed by atoms with E-state index in [-0.39, 0.29) is 0 Å². The first kappa shape index (κ1) is 22.0. The van der Waals surface area contributed by atoms with E-state index in [0.29, 0.717) is 5.65 Å². The molecule has 0 spiro atoms. The molecule has 4 heterocycles. The van der Waals surface area contributed by atoms with Crippen molar-refractivity contribution >= 4 is 38.9 Å². The van der Waals surface area contributed by atoms with Crippen molar-refractivity contribution in [3.63, 3.8) is 0 Å². The summed E-state index contributed by atoms with van der Waals surface area (Å²) in [5.41, 5.74) is 10.8. The van der Waals surface area contributed by atoms with Crippen LogP contribution in [0.2, 0.25) is 0 Å². The number of allylic oxidation sites excluding steroid dienone is 4. The van der Waals surface area contributed by atoms with Crippen LogP contribution in [0.3, 0.4) is 0 Å². The average Bonchev–Trinajstić information content (AvgIpc) is 3.73. The maximum Gasteiger partial charge on any atom is 0.181 e. The Morgan fingerprint density at radius 3 is 2.66 bits per heavy atom. The highest BCUT2D eigenvalue weighted by Crippen LogP contribution is 2.35. The van der Waals surface area contributed by atoms with Gasteiger partial charge in [0.15, 0.2) is 5.65 Å². The molecule has 0 radical (unpaired) electrons. The predicted molar refractivity (Wildman–Crippen MR) is 155 cm³/mol. The lowest BCUT2D eigenvalue weighted by molar-refractivity contribution is 1.10. The highest BCUT2D eigenvalue weighted by Gasteiger charge is 2.15. The number of hydrogen-bond acceptors (Lipinski definition) is 4. The Labute approximate surface area is 219 Å². The van der Waals surface area contributed by atoms with E-state index in [4.69, 9.17) is 0 Å². The zero-order chi connectivity index (χ0) is 25.5. The summed E-state index contributed by atoms with van der Waals surface area (Å²) in [5.74, 6) is 0. The van der Waals surface area contributed by atoms with Gasteiger partial charge in [-0.2, -0.15) is 5.10 Å². The van der Waals surface area contributed by atoms with E-state index >= 15 is 0 Å². The number of anilines is 1. The van der Waals surface area contributed by atoms with Gasteiger partial charge in [0, 0.05) is 45.5 Å². The minimum absolute atomic E-state index is 0.670. The fraction of sp³-hybridized carbons (Fsp3) is 0.0312. The van der Waals surface area contributed by atoms with Crippen molar-refractivity contribution in [2.24, 2.45) is 0 Å². The van der Waals surface area contributed by atoms with Gasteiger partial charge in [-0.25, -0.2) is 4.98 Å². The van der Waals surface area contributed by atoms with Crippen LogP contribution in [0.5, 0.6) is 0 Å². The average molecular weight is 493 g/mol. The molecule has 1 aliphatic carbocycles. The first-order valence-electron chi connectivity index (χ1n) is 12.5. The van der Waals surface area contributed by atoms with Crippen LogP contribution in [0.25, 0.3) is 55.7 Å². The molecule has 3 N–H and O–H groups in total. The van der Waals surface area contributed by atoms with Gasteiger partial charge in [0.05, 0.1) is 23.3 Å². The van der Waals surface area contributed by atoms with E-state index in [9.17, 15) is 0 Å². The number of benzene rings is 2. The molecule has 38 heavy (non-hydrogen) atoms. The zero-order valence-electron chi connectivity index (χ0n) is 20.6. The fourth-order valence-electron chi connectivity index (χ4n) is 5.01. The maximum atomic E-state index is 4.64. The Morgan fingerprint density at radius 1 is 0.895 bits per heavy atom.